The summed E-state index contributed by atoms with van der Waals surface area (Å²) in [5.41, 5.74) is 2.38. The molecular weight excluding hydrogens is 248 g/mol. The molecule has 0 spiro atoms. The molecule has 0 saturated carbocycles. The number of thiazole rings is 1. The number of aromatic nitrogens is 1. The highest BCUT2D eigenvalue weighted by Gasteiger charge is 2.09. The van der Waals surface area contributed by atoms with E-state index in [9.17, 15) is 8.78 Å². The second-order valence-electron chi connectivity index (χ2n) is 3.12. The molecule has 2 rings (SSSR count). The highest BCUT2D eigenvalue weighted by Crippen LogP contribution is 2.22. The van der Waals surface area contributed by atoms with Crippen LogP contribution in [0.2, 0.25) is 0 Å². The van der Waals surface area contributed by atoms with Gasteiger partial charge in [-0.2, -0.15) is 4.39 Å². The van der Waals surface area contributed by atoms with Crippen LogP contribution in [0, 0.1) is 11.6 Å². The molecule has 90 valence electrons. The van der Waals surface area contributed by atoms with Gasteiger partial charge in [0.15, 0.2) is 16.7 Å². The van der Waals surface area contributed by atoms with Crippen molar-refractivity contribution in [1.82, 2.24) is 4.98 Å². The van der Waals surface area contributed by atoms with Gasteiger partial charge in [0.25, 0.3) is 0 Å². The molecule has 1 aromatic heterocycles. The maximum atomic E-state index is 13.2. The Morgan fingerprint density at radius 1 is 1.41 bits per heavy atom. The molecule has 0 aliphatic heterocycles. The molecule has 4 nitrogen and oxygen atoms in total. The zero-order valence-corrected chi connectivity index (χ0v) is 9.43. The largest absolute Gasteiger partial charge is 0.485 e. The van der Waals surface area contributed by atoms with Crippen molar-refractivity contribution in [2.24, 2.45) is 5.84 Å². The number of hydrazine groups is 1. The van der Waals surface area contributed by atoms with Gasteiger partial charge in [-0.15, -0.1) is 0 Å². The fourth-order valence-corrected chi connectivity index (χ4v) is 1.82. The van der Waals surface area contributed by atoms with Crippen molar-refractivity contribution in [3.63, 3.8) is 0 Å². The van der Waals surface area contributed by atoms with Crippen molar-refractivity contribution in [3.05, 3.63) is 40.9 Å². The lowest BCUT2D eigenvalue weighted by molar-refractivity contribution is 0.287. The van der Waals surface area contributed by atoms with E-state index in [1.807, 2.05) is 0 Å². The number of halogens is 2. The van der Waals surface area contributed by atoms with E-state index in [1.54, 1.807) is 6.20 Å². The van der Waals surface area contributed by atoms with Crippen molar-refractivity contribution in [2.45, 2.75) is 6.61 Å². The Morgan fingerprint density at radius 3 is 2.94 bits per heavy atom. The van der Waals surface area contributed by atoms with Crippen molar-refractivity contribution in [1.29, 1.82) is 0 Å². The first-order valence-electron chi connectivity index (χ1n) is 4.69. The molecule has 17 heavy (non-hydrogen) atoms. The summed E-state index contributed by atoms with van der Waals surface area (Å²) in [6.07, 6.45) is 1.55. The van der Waals surface area contributed by atoms with Gasteiger partial charge in [0, 0.05) is 6.20 Å². The van der Waals surface area contributed by atoms with Crippen molar-refractivity contribution in [3.8, 4) is 5.75 Å². The Labute approximate surface area is 100 Å². The van der Waals surface area contributed by atoms with Crippen LogP contribution in [0.25, 0.3) is 0 Å². The molecule has 0 bridgehead atoms. The Balaban J connectivity index is 2.04. The zero-order chi connectivity index (χ0) is 12.3. The van der Waals surface area contributed by atoms with Crippen LogP contribution in [0.4, 0.5) is 13.9 Å². The van der Waals surface area contributed by atoms with Crippen molar-refractivity contribution < 1.29 is 13.5 Å². The van der Waals surface area contributed by atoms with Gasteiger partial charge in [-0.25, -0.2) is 15.2 Å². The molecule has 0 atom stereocenters. The molecule has 3 N–H and O–H groups in total. The van der Waals surface area contributed by atoms with E-state index < -0.39 is 11.6 Å². The Kier molecular flexibility index (Phi) is 3.50. The number of hydrogen-bond donors (Lipinski definition) is 2. The van der Waals surface area contributed by atoms with Gasteiger partial charge < -0.3 is 4.74 Å². The van der Waals surface area contributed by atoms with Crippen LogP contribution in [0.5, 0.6) is 5.75 Å². The monoisotopic (exact) mass is 257 g/mol. The number of nitrogens with one attached hydrogen (secondary N) is 1. The number of hydrogen-bond acceptors (Lipinski definition) is 5. The van der Waals surface area contributed by atoms with Gasteiger partial charge in [0.05, 0.1) is 4.88 Å². The normalized spacial score (nSPS) is 10.3. The van der Waals surface area contributed by atoms with Gasteiger partial charge in [-0.1, -0.05) is 17.4 Å². The number of nitrogens with two attached hydrogens (primary N) is 1. The lowest BCUT2D eigenvalue weighted by Crippen LogP contribution is -2.05. The summed E-state index contributed by atoms with van der Waals surface area (Å²) in [6.45, 7) is 0.111. The zero-order valence-electron chi connectivity index (χ0n) is 8.61. The average Bonchev–Trinajstić information content (AvgIpc) is 2.79. The number of nitrogen functional groups attached to an aromatic ring is 1. The number of anilines is 1. The van der Waals surface area contributed by atoms with Crippen LogP contribution < -0.4 is 16.0 Å². The molecule has 0 unspecified atom stereocenters. The predicted molar refractivity (Wildman–Crippen MR) is 60.6 cm³/mol. The van der Waals surface area contributed by atoms with Crippen LogP contribution in [0.1, 0.15) is 4.88 Å². The molecule has 0 aliphatic rings. The second kappa shape index (κ2) is 5.07. The number of rotatable bonds is 4. The highest BCUT2D eigenvalue weighted by molar-refractivity contribution is 7.15. The summed E-state index contributed by atoms with van der Waals surface area (Å²) in [5, 5.41) is 0.531. The van der Waals surface area contributed by atoms with Crippen LogP contribution >= 0.6 is 11.3 Å². The molecule has 0 aliphatic carbocycles. The SMILES string of the molecule is NNc1ncc(COc2cccc(F)c2F)s1. The van der Waals surface area contributed by atoms with Crippen molar-refractivity contribution >= 4 is 16.5 Å². The Hall–Kier alpha value is -1.73. The maximum Gasteiger partial charge on any atom is 0.200 e. The van der Waals surface area contributed by atoms with Crippen LogP contribution in [-0.2, 0) is 6.61 Å². The lowest BCUT2D eigenvalue weighted by atomic mass is 10.3. The first-order valence-corrected chi connectivity index (χ1v) is 5.50. The van der Waals surface area contributed by atoms with Gasteiger partial charge in [-0.05, 0) is 12.1 Å². The predicted octanol–water partition coefficient (Wildman–Crippen LogP) is 2.29. The van der Waals surface area contributed by atoms with E-state index >= 15 is 0 Å². The van der Waals surface area contributed by atoms with E-state index in [2.05, 4.69) is 10.4 Å². The summed E-state index contributed by atoms with van der Waals surface area (Å²) in [4.78, 5) is 4.67. The second-order valence-corrected chi connectivity index (χ2v) is 4.23. The topological polar surface area (TPSA) is 60.2 Å². The number of benzene rings is 1. The van der Waals surface area contributed by atoms with Crippen LogP contribution in [0.15, 0.2) is 24.4 Å². The minimum absolute atomic E-state index is 0.111. The molecule has 0 saturated heterocycles. The third-order valence-corrected chi connectivity index (χ3v) is 2.87. The van der Waals surface area contributed by atoms with Gasteiger partial charge in [0.2, 0.25) is 5.82 Å². The molecule has 0 radical (unpaired) electrons. The van der Waals surface area contributed by atoms with Crippen LogP contribution in [0.3, 0.4) is 0 Å². The minimum atomic E-state index is -0.991. The summed E-state index contributed by atoms with van der Waals surface area (Å²) in [5.74, 6) is 3.11. The average molecular weight is 257 g/mol. The van der Waals surface area contributed by atoms with Gasteiger partial charge in [-0.3, -0.25) is 5.43 Å². The smallest absolute Gasteiger partial charge is 0.200 e. The number of ether oxygens (including phenoxy) is 1. The molecule has 2 aromatic rings. The maximum absolute atomic E-state index is 13.2. The standard InChI is InChI=1S/C10H9F2N3OS/c11-7-2-1-3-8(9(7)12)16-5-6-4-14-10(15-13)17-6/h1-4H,5,13H2,(H,14,15). The molecule has 0 amide bonds. The highest BCUT2D eigenvalue weighted by atomic mass is 32.1. The minimum Gasteiger partial charge on any atom is -0.485 e. The fraction of sp³-hybridized carbons (Fsp3) is 0.100. The van der Waals surface area contributed by atoms with Crippen LogP contribution in [-0.4, -0.2) is 4.98 Å². The summed E-state index contributed by atoms with van der Waals surface area (Å²) >= 11 is 1.27. The molecule has 0 fully saturated rings. The third kappa shape index (κ3) is 2.69. The Morgan fingerprint density at radius 2 is 2.24 bits per heavy atom. The first-order chi connectivity index (χ1) is 8.20. The first kappa shape index (κ1) is 11.7. The summed E-state index contributed by atoms with van der Waals surface area (Å²) < 4.78 is 31.3. The quantitative estimate of drug-likeness (QED) is 0.651. The molecule has 7 heteroatoms. The van der Waals surface area contributed by atoms with E-state index in [0.29, 0.717) is 5.13 Å². The Bertz CT molecular complexity index is 518. The molecular formula is C10H9F2N3OS. The van der Waals surface area contributed by atoms with E-state index in [0.717, 1.165) is 10.9 Å². The summed E-state index contributed by atoms with van der Waals surface area (Å²) in [7, 11) is 0. The number of nitrogens with zero attached hydrogens (tertiary/aromatic N) is 1. The third-order valence-electron chi connectivity index (χ3n) is 1.96. The van der Waals surface area contributed by atoms with E-state index in [1.165, 1.54) is 23.5 Å². The summed E-state index contributed by atoms with van der Waals surface area (Å²) in [6, 6.07) is 3.78. The molecule has 1 aromatic carbocycles. The van der Waals surface area contributed by atoms with Gasteiger partial charge in [0.1, 0.15) is 6.61 Å². The van der Waals surface area contributed by atoms with Crippen molar-refractivity contribution in [2.75, 3.05) is 5.43 Å². The van der Waals surface area contributed by atoms with Gasteiger partial charge >= 0.3 is 0 Å². The van der Waals surface area contributed by atoms with E-state index in [-0.39, 0.29) is 12.4 Å². The molecule has 1 heterocycles. The van der Waals surface area contributed by atoms with E-state index in [4.69, 9.17) is 10.6 Å². The lowest BCUT2D eigenvalue weighted by Gasteiger charge is -2.05. The fourth-order valence-electron chi connectivity index (χ4n) is 1.19.